The lowest BCUT2D eigenvalue weighted by Crippen LogP contribution is -2.40. The molecular weight excluding hydrogens is 206 g/mol. The molecular formula is C11H17N3S. The maximum absolute atomic E-state index is 4.34. The predicted octanol–water partition coefficient (Wildman–Crippen LogP) is 2.48. The molecule has 0 aliphatic heterocycles. The van der Waals surface area contributed by atoms with Gasteiger partial charge in [0.05, 0.1) is 0 Å². The first-order valence-corrected chi connectivity index (χ1v) is 6.55. The van der Waals surface area contributed by atoms with Crippen LogP contribution in [0.4, 0.5) is 5.95 Å². The van der Waals surface area contributed by atoms with Crippen LogP contribution in [0.2, 0.25) is 0 Å². The summed E-state index contributed by atoms with van der Waals surface area (Å²) in [6.07, 6.45) is 7.98. The Labute approximate surface area is 95.1 Å². The van der Waals surface area contributed by atoms with Crippen LogP contribution in [0.1, 0.15) is 25.0 Å². The highest BCUT2D eigenvalue weighted by Crippen LogP contribution is 2.42. The number of aromatic nitrogens is 2. The normalized spacial score (nSPS) is 18.3. The van der Waals surface area contributed by atoms with Gasteiger partial charge in [0, 0.05) is 23.2 Å². The van der Waals surface area contributed by atoms with Gasteiger partial charge in [-0.3, -0.25) is 0 Å². The van der Waals surface area contributed by atoms with Crippen molar-refractivity contribution in [3.63, 3.8) is 0 Å². The van der Waals surface area contributed by atoms with E-state index in [-0.39, 0.29) is 0 Å². The number of hydrogen-bond acceptors (Lipinski definition) is 4. The van der Waals surface area contributed by atoms with Crippen molar-refractivity contribution >= 4 is 17.7 Å². The van der Waals surface area contributed by atoms with Crippen LogP contribution in [-0.4, -0.2) is 27.5 Å². The van der Waals surface area contributed by atoms with Gasteiger partial charge in [-0.1, -0.05) is 6.42 Å². The first-order valence-electron chi connectivity index (χ1n) is 5.33. The Morgan fingerprint density at radius 2 is 2.33 bits per heavy atom. The second-order valence-corrected chi connectivity index (χ2v) is 5.39. The molecule has 4 heteroatoms. The molecule has 0 spiro atoms. The Bertz CT molecular complexity index is 331. The number of aryl methyl sites for hydroxylation is 1. The molecule has 82 valence electrons. The fourth-order valence-corrected chi connectivity index (χ4v) is 2.71. The van der Waals surface area contributed by atoms with Crippen LogP contribution < -0.4 is 5.32 Å². The van der Waals surface area contributed by atoms with Gasteiger partial charge in [-0.15, -0.1) is 0 Å². The highest BCUT2D eigenvalue weighted by molar-refractivity contribution is 8.00. The number of nitrogens with zero attached hydrogens (tertiary/aromatic N) is 2. The summed E-state index contributed by atoms with van der Waals surface area (Å²) in [5.74, 6) is 0.760. The molecule has 1 N–H and O–H groups in total. The second-order valence-electron chi connectivity index (χ2n) is 4.12. The molecule has 0 saturated heterocycles. The van der Waals surface area contributed by atoms with Gasteiger partial charge in [0.2, 0.25) is 5.95 Å². The molecule has 2 rings (SSSR count). The Morgan fingerprint density at radius 1 is 1.53 bits per heavy atom. The molecule has 3 nitrogen and oxygen atoms in total. The minimum absolute atomic E-state index is 0.438. The van der Waals surface area contributed by atoms with Crippen LogP contribution in [0, 0.1) is 6.92 Å². The van der Waals surface area contributed by atoms with E-state index in [4.69, 9.17) is 0 Å². The van der Waals surface area contributed by atoms with Crippen molar-refractivity contribution in [2.45, 2.75) is 30.9 Å². The lowest BCUT2D eigenvalue weighted by molar-refractivity contribution is 0.379. The van der Waals surface area contributed by atoms with E-state index in [0.29, 0.717) is 4.75 Å². The van der Waals surface area contributed by atoms with Crippen LogP contribution in [0.5, 0.6) is 0 Å². The summed E-state index contributed by atoms with van der Waals surface area (Å²) in [5, 5.41) is 3.34. The molecule has 1 fully saturated rings. The molecule has 1 heterocycles. The maximum atomic E-state index is 4.34. The zero-order chi connectivity index (χ0) is 10.7. The van der Waals surface area contributed by atoms with Gasteiger partial charge in [0.25, 0.3) is 0 Å². The van der Waals surface area contributed by atoms with Crippen molar-refractivity contribution in [2.75, 3.05) is 18.1 Å². The van der Waals surface area contributed by atoms with E-state index in [9.17, 15) is 0 Å². The van der Waals surface area contributed by atoms with Crippen molar-refractivity contribution in [2.24, 2.45) is 0 Å². The minimum atomic E-state index is 0.438. The molecule has 0 bridgehead atoms. The fraction of sp³-hybridized carbons (Fsp3) is 0.636. The third kappa shape index (κ3) is 2.43. The number of rotatable bonds is 4. The Balaban J connectivity index is 1.92. The summed E-state index contributed by atoms with van der Waals surface area (Å²) in [6, 6.07) is 1.92. The molecule has 1 saturated carbocycles. The molecule has 1 aromatic rings. The standard InChI is InChI=1S/C11H17N3S/c1-9-4-7-12-10(14-9)13-8-11(15-2)5-3-6-11/h4,7H,3,5-6,8H2,1-2H3,(H,12,13,14). The van der Waals surface area contributed by atoms with Crippen LogP contribution in [0.25, 0.3) is 0 Å². The van der Waals surface area contributed by atoms with E-state index < -0.39 is 0 Å². The van der Waals surface area contributed by atoms with Crippen molar-refractivity contribution in [3.05, 3.63) is 18.0 Å². The smallest absolute Gasteiger partial charge is 0.222 e. The Hall–Kier alpha value is -0.770. The molecule has 0 radical (unpaired) electrons. The van der Waals surface area contributed by atoms with E-state index >= 15 is 0 Å². The average Bonchev–Trinajstić information content (AvgIpc) is 2.17. The predicted molar refractivity (Wildman–Crippen MR) is 65.4 cm³/mol. The summed E-state index contributed by atoms with van der Waals surface area (Å²) < 4.78 is 0.438. The van der Waals surface area contributed by atoms with Gasteiger partial charge in [0.15, 0.2) is 0 Å². The maximum Gasteiger partial charge on any atom is 0.222 e. The van der Waals surface area contributed by atoms with E-state index in [1.54, 1.807) is 6.20 Å². The summed E-state index contributed by atoms with van der Waals surface area (Å²) in [4.78, 5) is 8.54. The van der Waals surface area contributed by atoms with Gasteiger partial charge < -0.3 is 5.32 Å². The van der Waals surface area contributed by atoms with Gasteiger partial charge >= 0.3 is 0 Å². The lowest BCUT2D eigenvalue weighted by atomic mass is 9.84. The van der Waals surface area contributed by atoms with Crippen LogP contribution >= 0.6 is 11.8 Å². The van der Waals surface area contributed by atoms with E-state index in [1.165, 1.54) is 19.3 Å². The molecule has 1 aliphatic carbocycles. The van der Waals surface area contributed by atoms with E-state index in [0.717, 1.165) is 18.2 Å². The van der Waals surface area contributed by atoms with E-state index in [1.807, 2.05) is 24.8 Å². The molecule has 1 aliphatic rings. The third-order valence-corrected chi connectivity index (χ3v) is 4.48. The SMILES string of the molecule is CSC1(CNc2nccc(C)n2)CCC1. The zero-order valence-corrected chi connectivity index (χ0v) is 10.1. The zero-order valence-electron chi connectivity index (χ0n) is 9.29. The quantitative estimate of drug-likeness (QED) is 0.851. The molecule has 0 aromatic carbocycles. The highest BCUT2D eigenvalue weighted by Gasteiger charge is 2.35. The molecule has 0 unspecified atom stereocenters. The Morgan fingerprint density at radius 3 is 2.87 bits per heavy atom. The first kappa shape index (κ1) is 10.7. The van der Waals surface area contributed by atoms with Gasteiger partial charge in [0.1, 0.15) is 0 Å². The Kier molecular flexibility index (Phi) is 3.14. The number of nitrogens with one attached hydrogen (secondary N) is 1. The number of hydrogen-bond donors (Lipinski definition) is 1. The summed E-state index contributed by atoms with van der Waals surface area (Å²) >= 11 is 1.96. The first-order chi connectivity index (χ1) is 7.24. The fourth-order valence-electron chi connectivity index (χ4n) is 1.80. The van der Waals surface area contributed by atoms with Crippen LogP contribution in [-0.2, 0) is 0 Å². The number of thioether (sulfide) groups is 1. The molecule has 1 aromatic heterocycles. The average molecular weight is 223 g/mol. The van der Waals surface area contributed by atoms with Crippen molar-refractivity contribution < 1.29 is 0 Å². The summed E-state index contributed by atoms with van der Waals surface area (Å²) in [5.41, 5.74) is 1.01. The molecule has 15 heavy (non-hydrogen) atoms. The van der Waals surface area contributed by atoms with E-state index in [2.05, 4.69) is 21.5 Å². The lowest BCUT2D eigenvalue weighted by Gasteiger charge is -2.40. The summed E-state index contributed by atoms with van der Waals surface area (Å²) in [6.45, 7) is 2.97. The number of anilines is 1. The second kappa shape index (κ2) is 4.39. The monoisotopic (exact) mass is 223 g/mol. The van der Waals surface area contributed by atoms with Gasteiger partial charge in [-0.05, 0) is 32.1 Å². The van der Waals surface area contributed by atoms with Crippen LogP contribution in [0.3, 0.4) is 0 Å². The van der Waals surface area contributed by atoms with Crippen molar-refractivity contribution in [3.8, 4) is 0 Å². The minimum Gasteiger partial charge on any atom is -0.353 e. The van der Waals surface area contributed by atoms with Gasteiger partial charge in [-0.2, -0.15) is 11.8 Å². The molecule has 0 amide bonds. The summed E-state index contributed by atoms with van der Waals surface area (Å²) in [7, 11) is 0. The van der Waals surface area contributed by atoms with Gasteiger partial charge in [-0.25, -0.2) is 9.97 Å². The van der Waals surface area contributed by atoms with Crippen LogP contribution in [0.15, 0.2) is 12.3 Å². The highest BCUT2D eigenvalue weighted by atomic mass is 32.2. The molecule has 0 atom stereocenters. The largest absolute Gasteiger partial charge is 0.353 e. The van der Waals surface area contributed by atoms with Crippen molar-refractivity contribution in [1.29, 1.82) is 0 Å². The third-order valence-electron chi connectivity index (χ3n) is 3.06. The topological polar surface area (TPSA) is 37.8 Å². The van der Waals surface area contributed by atoms with Crippen molar-refractivity contribution in [1.82, 2.24) is 9.97 Å².